The third-order valence-electron chi connectivity index (χ3n) is 3.67. The minimum absolute atomic E-state index is 0.150. The highest BCUT2D eigenvalue weighted by Gasteiger charge is 2.34. The Kier molecular flexibility index (Phi) is 6.19. The highest BCUT2D eigenvalue weighted by molar-refractivity contribution is 8.14. The Bertz CT molecular complexity index is 1020. The Morgan fingerprint density at radius 2 is 2.00 bits per heavy atom. The van der Waals surface area contributed by atoms with Crippen molar-refractivity contribution in [1.29, 1.82) is 0 Å². The summed E-state index contributed by atoms with van der Waals surface area (Å²) < 4.78 is 35.8. The van der Waals surface area contributed by atoms with Crippen LogP contribution in [0, 0.1) is 0 Å². The molecule has 3 rings (SSSR count). The molecular formula is C16H13Cl2NO5S3. The molecule has 27 heavy (non-hydrogen) atoms. The summed E-state index contributed by atoms with van der Waals surface area (Å²) in [7, 11) is -4.16. The molecule has 1 unspecified atom stereocenters. The average molecular weight is 466 g/mol. The first-order valence-electron chi connectivity index (χ1n) is 7.52. The molecule has 1 atom stereocenters. The number of halogens is 2. The minimum atomic E-state index is -4.16. The van der Waals surface area contributed by atoms with E-state index in [0.717, 1.165) is 17.3 Å². The van der Waals surface area contributed by atoms with Crippen molar-refractivity contribution in [3.05, 3.63) is 51.0 Å². The average Bonchev–Trinajstić information content (AvgIpc) is 3.13. The van der Waals surface area contributed by atoms with Crippen molar-refractivity contribution >= 4 is 69.7 Å². The van der Waals surface area contributed by atoms with E-state index >= 15 is 0 Å². The van der Waals surface area contributed by atoms with Crippen LogP contribution >= 0.6 is 47.6 Å². The molecule has 1 aliphatic heterocycles. The first kappa shape index (κ1) is 20.6. The molecule has 1 N–H and O–H groups in total. The molecule has 0 spiro atoms. The number of hydrogen-bond acceptors (Lipinski definition) is 6. The zero-order valence-corrected chi connectivity index (χ0v) is 17.5. The molecule has 1 aromatic heterocycles. The summed E-state index contributed by atoms with van der Waals surface area (Å²) in [6.45, 7) is -0.150. The van der Waals surface area contributed by atoms with Gasteiger partial charge in [-0.1, -0.05) is 35.0 Å². The van der Waals surface area contributed by atoms with Crippen LogP contribution < -0.4 is 0 Å². The number of amides is 1. The molecular weight excluding hydrogens is 453 g/mol. The van der Waals surface area contributed by atoms with Gasteiger partial charge in [-0.15, -0.1) is 12.6 Å². The largest absolute Gasteiger partial charge is 0.457 e. The Hall–Kier alpha value is -1.10. The number of furan rings is 1. The van der Waals surface area contributed by atoms with Gasteiger partial charge in [0.15, 0.2) is 0 Å². The lowest BCUT2D eigenvalue weighted by molar-refractivity contribution is -0.124. The maximum absolute atomic E-state index is 12.4. The SMILES string of the molecule is O=C1/C(=C\c2ccc(-c3ccc(Cl)c(Cl)c3)o2)SC(S)N1CCS(=O)(=O)O. The van der Waals surface area contributed by atoms with Gasteiger partial charge in [0.1, 0.15) is 16.2 Å². The molecule has 0 saturated carbocycles. The molecule has 1 amide bonds. The third kappa shape index (κ3) is 5.04. The van der Waals surface area contributed by atoms with E-state index in [1.807, 2.05) is 0 Å². The normalized spacial score (nSPS) is 19.3. The molecule has 6 nitrogen and oxygen atoms in total. The van der Waals surface area contributed by atoms with Gasteiger partial charge in [0.25, 0.3) is 16.0 Å². The predicted octanol–water partition coefficient (Wildman–Crippen LogP) is 4.27. The van der Waals surface area contributed by atoms with Crippen LogP contribution in [0.15, 0.2) is 39.7 Å². The minimum Gasteiger partial charge on any atom is -0.457 e. The lowest BCUT2D eigenvalue weighted by atomic mass is 10.2. The van der Waals surface area contributed by atoms with Crippen LogP contribution in [-0.4, -0.2) is 40.8 Å². The second-order valence-electron chi connectivity index (χ2n) is 5.57. The molecule has 1 aromatic carbocycles. The fourth-order valence-corrected chi connectivity index (χ4v) is 4.60. The van der Waals surface area contributed by atoms with Crippen LogP contribution in [0.4, 0.5) is 0 Å². The summed E-state index contributed by atoms with van der Waals surface area (Å²) in [5, 5.41) is 0.839. The molecule has 144 valence electrons. The van der Waals surface area contributed by atoms with Gasteiger partial charge >= 0.3 is 0 Å². The second kappa shape index (κ2) is 8.10. The number of rotatable bonds is 5. The van der Waals surface area contributed by atoms with Crippen molar-refractivity contribution in [2.45, 2.75) is 4.71 Å². The maximum Gasteiger partial charge on any atom is 0.266 e. The molecule has 0 aliphatic carbocycles. The summed E-state index contributed by atoms with van der Waals surface area (Å²) in [4.78, 5) is 14.1. The van der Waals surface area contributed by atoms with Crippen molar-refractivity contribution in [3.63, 3.8) is 0 Å². The van der Waals surface area contributed by atoms with E-state index in [2.05, 4.69) is 12.6 Å². The van der Waals surface area contributed by atoms with Gasteiger partial charge in [0.05, 0.1) is 20.7 Å². The van der Waals surface area contributed by atoms with Crippen molar-refractivity contribution in [3.8, 4) is 11.3 Å². The molecule has 2 aromatic rings. The topological polar surface area (TPSA) is 87.8 Å². The fraction of sp³-hybridized carbons (Fsp3) is 0.188. The van der Waals surface area contributed by atoms with Crippen molar-refractivity contribution < 1.29 is 22.2 Å². The van der Waals surface area contributed by atoms with Crippen LogP contribution in [0.1, 0.15) is 5.76 Å². The molecule has 0 radical (unpaired) electrons. The Morgan fingerprint density at radius 1 is 1.26 bits per heavy atom. The van der Waals surface area contributed by atoms with Gasteiger partial charge in [-0.05, 0) is 30.3 Å². The van der Waals surface area contributed by atoms with Gasteiger partial charge in [0.2, 0.25) is 0 Å². The number of carbonyl (C=O) groups is 1. The standard InChI is InChI=1S/C16H13Cl2NO5S3/c17-11-3-1-9(7-12(11)18)13-4-2-10(24-13)8-14-15(20)19(16(25)26-14)5-6-27(21,22)23/h1-4,7-8,16,25H,5-6H2,(H,21,22,23)/b14-8+. The summed E-state index contributed by atoms with van der Waals surface area (Å²) in [6.07, 6.45) is 1.56. The molecule has 1 saturated heterocycles. The van der Waals surface area contributed by atoms with Gasteiger partial charge in [0, 0.05) is 18.2 Å². The zero-order chi connectivity index (χ0) is 19.8. The first-order chi connectivity index (χ1) is 12.6. The zero-order valence-electron chi connectivity index (χ0n) is 13.5. The number of hydrogen-bond donors (Lipinski definition) is 2. The summed E-state index contributed by atoms with van der Waals surface area (Å²) >= 11 is 17.4. The quantitative estimate of drug-likeness (QED) is 0.389. The Balaban J connectivity index is 1.78. The number of thiol groups is 1. The van der Waals surface area contributed by atoms with E-state index in [-0.39, 0.29) is 12.5 Å². The highest BCUT2D eigenvalue weighted by Crippen LogP contribution is 2.38. The molecule has 11 heteroatoms. The van der Waals surface area contributed by atoms with Crippen molar-refractivity contribution in [1.82, 2.24) is 4.90 Å². The third-order valence-corrected chi connectivity index (χ3v) is 6.71. The van der Waals surface area contributed by atoms with E-state index in [9.17, 15) is 13.2 Å². The number of carbonyl (C=O) groups excluding carboxylic acids is 1. The maximum atomic E-state index is 12.4. The Labute approximate surface area is 175 Å². The first-order valence-corrected chi connectivity index (χ1v) is 11.3. The monoisotopic (exact) mass is 465 g/mol. The van der Waals surface area contributed by atoms with Crippen LogP contribution in [0.25, 0.3) is 17.4 Å². The lowest BCUT2D eigenvalue weighted by Crippen LogP contribution is -2.33. The summed E-state index contributed by atoms with van der Waals surface area (Å²) in [6, 6.07) is 8.54. The number of benzene rings is 1. The fourth-order valence-electron chi connectivity index (χ4n) is 2.36. The van der Waals surface area contributed by atoms with E-state index in [1.54, 1.807) is 36.4 Å². The lowest BCUT2D eigenvalue weighted by Gasteiger charge is -2.17. The van der Waals surface area contributed by atoms with Gasteiger partial charge < -0.3 is 9.32 Å². The van der Waals surface area contributed by atoms with Crippen LogP contribution in [-0.2, 0) is 14.9 Å². The van der Waals surface area contributed by atoms with Crippen LogP contribution in [0.2, 0.25) is 10.0 Å². The van der Waals surface area contributed by atoms with Crippen LogP contribution in [0.5, 0.6) is 0 Å². The molecule has 1 fully saturated rings. The van der Waals surface area contributed by atoms with Crippen LogP contribution in [0.3, 0.4) is 0 Å². The van der Waals surface area contributed by atoms with Crippen molar-refractivity contribution in [2.75, 3.05) is 12.3 Å². The van der Waals surface area contributed by atoms with E-state index in [1.165, 1.54) is 4.90 Å². The molecule has 0 bridgehead atoms. The predicted molar refractivity (Wildman–Crippen MR) is 111 cm³/mol. The van der Waals surface area contributed by atoms with Gasteiger partial charge in [-0.25, -0.2) is 0 Å². The second-order valence-corrected chi connectivity index (χ2v) is 9.92. The summed E-state index contributed by atoms with van der Waals surface area (Å²) in [5.74, 6) is 0.0769. The van der Waals surface area contributed by atoms with E-state index in [4.69, 9.17) is 32.2 Å². The van der Waals surface area contributed by atoms with E-state index < -0.39 is 20.6 Å². The number of nitrogens with zero attached hydrogens (tertiary/aromatic N) is 1. The van der Waals surface area contributed by atoms with Gasteiger partial charge in [-0.2, -0.15) is 8.42 Å². The number of thioether (sulfide) groups is 1. The highest BCUT2D eigenvalue weighted by atomic mass is 35.5. The summed E-state index contributed by atoms with van der Waals surface area (Å²) in [5.41, 5.74) is 0.737. The van der Waals surface area contributed by atoms with Crippen molar-refractivity contribution in [2.24, 2.45) is 0 Å². The smallest absolute Gasteiger partial charge is 0.266 e. The molecule has 1 aliphatic rings. The molecule has 2 heterocycles. The van der Waals surface area contributed by atoms with Gasteiger partial charge in [-0.3, -0.25) is 9.35 Å². The Morgan fingerprint density at radius 3 is 2.67 bits per heavy atom. The van der Waals surface area contributed by atoms with E-state index in [0.29, 0.717) is 26.5 Å².